The van der Waals surface area contributed by atoms with Crippen LogP contribution in [-0.4, -0.2) is 62.3 Å². The molecule has 23 heavy (non-hydrogen) atoms. The number of esters is 1. The molecule has 0 aliphatic carbocycles. The molecule has 2 atom stereocenters. The summed E-state index contributed by atoms with van der Waals surface area (Å²) in [6.45, 7) is 2.58. The van der Waals surface area contributed by atoms with Gasteiger partial charge in [0.15, 0.2) is 11.5 Å². The zero-order chi connectivity index (χ0) is 17.2. The Balaban J connectivity index is 2.58. The second-order valence-electron chi connectivity index (χ2n) is 5.14. The quantitative estimate of drug-likeness (QED) is 0.503. The Morgan fingerprint density at radius 1 is 1.30 bits per heavy atom. The van der Waals surface area contributed by atoms with Crippen molar-refractivity contribution in [2.45, 2.75) is 25.5 Å². The van der Waals surface area contributed by atoms with Crippen molar-refractivity contribution in [2.75, 3.05) is 34.0 Å². The maximum Gasteiger partial charge on any atom is 0.337 e. The maximum atomic E-state index is 11.5. The minimum absolute atomic E-state index is 0.0763. The second kappa shape index (κ2) is 10.0. The molecule has 1 rings (SSSR count). The van der Waals surface area contributed by atoms with Crippen LogP contribution < -0.4 is 14.8 Å². The lowest BCUT2D eigenvalue weighted by molar-refractivity contribution is -0.696. The van der Waals surface area contributed by atoms with Crippen LogP contribution in [0.25, 0.3) is 0 Å². The third-order valence-corrected chi connectivity index (χ3v) is 3.52. The van der Waals surface area contributed by atoms with E-state index in [4.69, 9.17) is 14.6 Å². The normalized spacial score (nSPS) is 13.3. The van der Waals surface area contributed by atoms with Gasteiger partial charge < -0.3 is 29.7 Å². The summed E-state index contributed by atoms with van der Waals surface area (Å²) < 4.78 is 15.4. The third kappa shape index (κ3) is 6.05. The molecule has 0 saturated carbocycles. The molecule has 0 aromatic heterocycles. The number of quaternary nitrogens is 1. The number of rotatable bonds is 10. The fourth-order valence-corrected chi connectivity index (χ4v) is 2.01. The maximum absolute atomic E-state index is 11.5. The lowest BCUT2D eigenvalue weighted by Crippen LogP contribution is -2.92. The number of carbonyl (C=O) groups excluding carboxylic acids is 1. The van der Waals surface area contributed by atoms with Gasteiger partial charge >= 0.3 is 5.97 Å². The van der Waals surface area contributed by atoms with E-state index in [9.17, 15) is 9.90 Å². The number of nitrogens with two attached hydrogens (primary N) is 1. The van der Waals surface area contributed by atoms with Crippen molar-refractivity contribution in [1.82, 2.24) is 0 Å². The molecule has 0 bridgehead atoms. The third-order valence-electron chi connectivity index (χ3n) is 3.52. The van der Waals surface area contributed by atoms with Gasteiger partial charge in [-0.1, -0.05) is 6.92 Å². The van der Waals surface area contributed by atoms with Crippen molar-refractivity contribution in [3.63, 3.8) is 0 Å². The minimum Gasteiger partial charge on any atom is -0.493 e. The van der Waals surface area contributed by atoms with E-state index in [1.807, 2.05) is 12.2 Å². The molecule has 0 heterocycles. The number of benzene rings is 1. The highest BCUT2D eigenvalue weighted by Crippen LogP contribution is 2.28. The molecule has 0 radical (unpaired) electrons. The molecule has 0 aliphatic heterocycles. The lowest BCUT2D eigenvalue weighted by Gasteiger charge is -2.16. The number of carbonyl (C=O) groups is 1. The smallest absolute Gasteiger partial charge is 0.337 e. The number of aliphatic hydroxyl groups is 2. The van der Waals surface area contributed by atoms with Crippen molar-refractivity contribution < 1.29 is 34.5 Å². The number of methoxy groups -OCH3 is 2. The number of aliphatic hydroxyl groups excluding tert-OH is 2. The van der Waals surface area contributed by atoms with Crippen LogP contribution in [-0.2, 0) is 4.74 Å². The fourth-order valence-electron chi connectivity index (χ4n) is 2.01. The lowest BCUT2D eigenvalue weighted by atomic mass is 10.2. The molecule has 1 aromatic rings. The predicted molar refractivity (Wildman–Crippen MR) is 83.8 cm³/mol. The van der Waals surface area contributed by atoms with Crippen LogP contribution in [0.3, 0.4) is 0 Å². The molecule has 0 aliphatic rings. The highest BCUT2D eigenvalue weighted by Gasteiger charge is 2.15. The zero-order valence-electron chi connectivity index (χ0n) is 13.8. The Morgan fingerprint density at radius 3 is 2.61 bits per heavy atom. The van der Waals surface area contributed by atoms with Crippen LogP contribution in [0.15, 0.2) is 18.2 Å². The van der Waals surface area contributed by atoms with E-state index in [2.05, 4.69) is 4.74 Å². The van der Waals surface area contributed by atoms with E-state index >= 15 is 0 Å². The molecule has 0 amide bonds. The molecule has 1 aromatic carbocycles. The van der Waals surface area contributed by atoms with Crippen LogP contribution in [0.2, 0.25) is 0 Å². The monoisotopic (exact) mass is 328 g/mol. The molecule has 0 saturated heterocycles. The SMILES string of the molecule is CC[C@H](CO)[NH2+]C[C@@H](O)COc1ccc(C(=O)OC)cc1OC. The molecule has 4 N–H and O–H groups in total. The van der Waals surface area contributed by atoms with Crippen LogP contribution in [0.1, 0.15) is 23.7 Å². The first-order valence-corrected chi connectivity index (χ1v) is 7.57. The molecule has 0 spiro atoms. The van der Waals surface area contributed by atoms with Gasteiger partial charge in [-0.05, 0) is 24.6 Å². The standard InChI is InChI=1S/C16H25NO6/c1-4-12(9-18)17-8-13(19)10-23-14-6-5-11(16(20)22-3)7-15(14)21-2/h5-7,12-13,17-19H,4,8-10H2,1-3H3/p+1/t12-,13-/m1/s1. The molecule has 7 heteroatoms. The highest BCUT2D eigenvalue weighted by atomic mass is 16.5. The Morgan fingerprint density at radius 2 is 2.04 bits per heavy atom. The Kier molecular flexibility index (Phi) is 8.39. The van der Waals surface area contributed by atoms with Gasteiger partial charge in [0, 0.05) is 0 Å². The molecule has 0 unspecified atom stereocenters. The summed E-state index contributed by atoms with van der Waals surface area (Å²) in [6, 6.07) is 4.78. The Bertz CT molecular complexity index is 489. The van der Waals surface area contributed by atoms with E-state index < -0.39 is 12.1 Å². The predicted octanol–water partition coefficient (Wildman–Crippen LogP) is -0.444. The minimum atomic E-state index is -0.680. The van der Waals surface area contributed by atoms with Gasteiger partial charge in [0.25, 0.3) is 0 Å². The van der Waals surface area contributed by atoms with Crippen molar-refractivity contribution >= 4 is 5.97 Å². The van der Waals surface area contributed by atoms with Crippen LogP contribution >= 0.6 is 0 Å². The van der Waals surface area contributed by atoms with Gasteiger partial charge in [-0.2, -0.15) is 0 Å². The van der Waals surface area contributed by atoms with Crippen molar-refractivity contribution in [3.8, 4) is 11.5 Å². The summed E-state index contributed by atoms with van der Waals surface area (Å²) in [5, 5.41) is 20.9. The van der Waals surface area contributed by atoms with Crippen LogP contribution in [0, 0.1) is 0 Å². The van der Waals surface area contributed by atoms with Crippen LogP contribution in [0.5, 0.6) is 11.5 Å². The van der Waals surface area contributed by atoms with Gasteiger partial charge in [0.2, 0.25) is 0 Å². The molecule has 0 fully saturated rings. The average Bonchev–Trinajstić information content (AvgIpc) is 2.59. The highest BCUT2D eigenvalue weighted by molar-refractivity contribution is 5.90. The van der Waals surface area contributed by atoms with E-state index in [0.717, 1.165) is 6.42 Å². The van der Waals surface area contributed by atoms with Crippen LogP contribution in [0.4, 0.5) is 0 Å². The molecule has 7 nitrogen and oxygen atoms in total. The summed E-state index contributed by atoms with van der Waals surface area (Å²) in [5.74, 6) is 0.373. The Labute approximate surface area is 136 Å². The van der Waals surface area contributed by atoms with E-state index in [1.165, 1.54) is 20.3 Å². The van der Waals surface area contributed by atoms with Gasteiger partial charge in [0.1, 0.15) is 25.3 Å². The Hall–Kier alpha value is -1.83. The number of ether oxygens (including phenoxy) is 3. The van der Waals surface area contributed by atoms with E-state index in [0.29, 0.717) is 23.6 Å². The summed E-state index contributed by atoms with van der Waals surface area (Å²) in [6.07, 6.45) is 0.146. The first kappa shape index (κ1) is 19.2. The summed E-state index contributed by atoms with van der Waals surface area (Å²) in [7, 11) is 2.78. The molecule has 130 valence electrons. The average molecular weight is 328 g/mol. The summed E-state index contributed by atoms with van der Waals surface area (Å²) in [4.78, 5) is 11.5. The van der Waals surface area contributed by atoms with E-state index in [1.54, 1.807) is 12.1 Å². The van der Waals surface area contributed by atoms with Crippen molar-refractivity contribution in [1.29, 1.82) is 0 Å². The van der Waals surface area contributed by atoms with Gasteiger partial charge in [-0.25, -0.2) is 4.79 Å². The number of hydrogen-bond donors (Lipinski definition) is 3. The summed E-state index contributed by atoms with van der Waals surface area (Å²) in [5.41, 5.74) is 0.360. The number of hydrogen-bond acceptors (Lipinski definition) is 6. The van der Waals surface area contributed by atoms with Gasteiger partial charge in [-0.15, -0.1) is 0 Å². The van der Waals surface area contributed by atoms with Gasteiger partial charge in [0.05, 0.1) is 26.4 Å². The van der Waals surface area contributed by atoms with Gasteiger partial charge in [-0.3, -0.25) is 0 Å². The van der Waals surface area contributed by atoms with Crippen molar-refractivity contribution in [3.05, 3.63) is 23.8 Å². The largest absolute Gasteiger partial charge is 0.493 e. The molecular formula is C16H26NO6+. The first-order valence-electron chi connectivity index (χ1n) is 7.57. The first-order chi connectivity index (χ1) is 11.0. The van der Waals surface area contributed by atoms with Crippen molar-refractivity contribution in [2.24, 2.45) is 0 Å². The van der Waals surface area contributed by atoms with E-state index in [-0.39, 0.29) is 19.3 Å². The molecular weight excluding hydrogens is 302 g/mol. The second-order valence-corrected chi connectivity index (χ2v) is 5.14. The summed E-state index contributed by atoms with van der Waals surface area (Å²) >= 11 is 0. The zero-order valence-corrected chi connectivity index (χ0v) is 13.8. The fraction of sp³-hybridized carbons (Fsp3) is 0.562. The topological polar surface area (TPSA) is 102 Å².